The van der Waals surface area contributed by atoms with Crippen LogP contribution in [0, 0.1) is 17.2 Å². The molecule has 10 heteroatoms. The fourth-order valence-electron chi connectivity index (χ4n) is 3.94. The first-order valence-electron chi connectivity index (χ1n) is 11.3. The molecule has 2 amide bonds. The van der Waals surface area contributed by atoms with Crippen LogP contribution in [-0.4, -0.2) is 37.3 Å². The predicted molar refractivity (Wildman–Crippen MR) is 139 cm³/mol. The number of thioether (sulfide) groups is 1. The van der Waals surface area contributed by atoms with Gasteiger partial charge in [0.1, 0.15) is 11.7 Å². The number of carbonyl (C=O) groups excluding carboxylic acids is 3. The zero-order chi connectivity index (χ0) is 26.2. The molecule has 0 aromatic heterocycles. The molecule has 2 atom stereocenters. The second-order valence-electron chi connectivity index (χ2n) is 7.79. The average Bonchev–Trinajstić information content (AvgIpc) is 2.88. The summed E-state index contributed by atoms with van der Waals surface area (Å²) in [5, 5.41) is 16.0. The number of carbonyl (C=O) groups is 3. The third-order valence-electron chi connectivity index (χ3n) is 5.62. The highest BCUT2D eigenvalue weighted by Gasteiger charge is 2.44. The second kappa shape index (κ2) is 12.5. The van der Waals surface area contributed by atoms with Gasteiger partial charge in [-0.15, -0.1) is 0 Å². The van der Waals surface area contributed by atoms with Crippen LogP contribution >= 0.6 is 23.4 Å². The molecule has 0 spiro atoms. The number of rotatable bonds is 9. The molecule has 0 radical (unpaired) electrons. The van der Waals surface area contributed by atoms with Gasteiger partial charge in [-0.25, -0.2) is 0 Å². The summed E-state index contributed by atoms with van der Waals surface area (Å²) in [5.74, 6) is -3.57. The maximum atomic E-state index is 13.0. The van der Waals surface area contributed by atoms with Crippen LogP contribution in [0.4, 0.5) is 5.69 Å². The summed E-state index contributed by atoms with van der Waals surface area (Å²) in [5.41, 5.74) is 2.31. The van der Waals surface area contributed by atoms with E-state index >= 15 is 0 Å². The molecule has 188 valence electrons. The number of hydrogen-bond acceptors (Lipinski definition) is 7. The lowest BCUT2D eigenvalue weighted by atomic mass is 9.78. The van der Waals surface area contributed by atoms with Gasteiger partial charge >= 0.3 is 5.97 Å². The smallest absolute Gasteiger partial charge is 0.319 e. The van der Waals surface area contributed by atoms with Gasteiger partial charge in [0.15, 0.2) is 0 Å². The number of nitriles is 1. The normalized spacial score (nSPS) is 17.1. The van der Waals surface area contributed by atoms with E-state index in [1.54, 1.807) is 18.2 Å². The van der Waals surface area contributed by atoms with Crippen LogP contribution in [-0.2, 0) is 25.5 Å². The van der Waals surface area contributed by atoms with Crippen molar-refractivity contribution in [3.05, 3.63) is 69.2 Å². The Kier molecular flexibility index (Phi) is 9.39. The second-order valence-corrected chi connectivity index (χ2v) is 9.19. The number of allylic oxidation sites excluding steroid dienone is 1. The molecule has 1 aliphatic heterocycles. The number of aryl methyl sites for hydroxylation is 1. The number of esters is 1. The van der Waals surface area contributed by atoms with Crippen LogP contribution in [0.25, 0.3) is 0 Å². The Morgan fingerprint density at radius 3 is 2.61 bits per heavy atom. The number of methoxy groups -OCH3 is 1. The van der Waals surface area contributed by atoms with Gasteiger partial charge in [-0.05, 0) is 42.7 Å². The number of anilines is 1. The topological polar surface area (TPSA) is 118 Å². The van der Waals surface area contributed by atoms with Crippen LogP contribution in [0.5, 0.6) is 5.75 Å². The minimum Gasteiger partial charge on any atom is -0.492 e. The highest BCUT2D eigenvalue weighted by Crippen LogP contribution is 2.42. The summed E-state index contributed by atoms with van der Waals surface area (Å²) in [6, 6.07) is 14.4. The van der Waals surface area contributed by atoms with Gasteiger partial charge in [-0.1, -0.05) is 54.6 Å². The van der Waals surface area contributed by atoms with Crippen molar-refractivity contribution in [1.82, 2.24) is 5.32 Å². The molecular weight excluding hydrogens is 502 g/mol. The van der Waals surface area contributed by atoms with E-state index in [0.717, 1.165) is 23.7 Å². The zero-order valence-corrected chi connectivity index (χ0v) is 21.7. The Bertz CT molecular complexity index is 1240. The lowest BCUT2D eigenvalue weighted by molar-refractivity contribution is -0.150. The molecule has 1 heterocycles. The van der Waals surface area contributed by atoms with E-state index in [1.165, 1.54) is 7.11 Å². The third kappa shape index (κ3) is 6.01. The van der Waals surface area contributed by atoms with Crippen molar-refractivity contribution in [1.29, 1.82) is 5.26 Å². The van der Waals surface area contributed by atoms with E-state index in [-0.39, 0.29) is 27.3 Å². The van der Waals surface area contributed by atoms with Gasteiger partial charge in [0.25, 0.3) is 0 Å². The van der Waals surface area contributed by atoms with Crippen LogP contribution in [0.1, 0.15) is 30.9 Å². The Labute approximate surface area is 219 Å². The van der Waals surface area contributed by atoms with Crippen LogP contribution in [0.15, 0.2) is 53.1 Å². The lowest BCUT2D eigenvalue weighted by Crippen LogP contribution is -2.44. The van der Waals surface area contributed by atoms with Crippen molar-refractivity contribution in [3.8, 4) is 11.8 Å². The molecule has 0 bridgehead atoms. The monoisotopic (exact) mass is 527 g/mol. The number of para-hydroxylation sites is 1. The number of ether oxygens (including phenoxy) is 2. The largest absolute Gasteiger partial charge is 0.492 e. The fraction of sp³-hybridized carbons (Fsp3) is 0.308. The molecule has 36 heavy (non-hydrogen) atoms. The number of nitrogens with zero attached hydrogens (tertiary/aromatic N) is 1. The minimum atomic E-state index is -1.30. The van der Waals surface area contributed by atoms with Crippen LogP contribution in [0.3, 0.4) is 0 Å². The van der Waals surface area contributed by atoms with E-state index in [2.05, 4.69) is 16.7 Å². The molecule has 8 nitrogen and oxygen atoms in total. The summed E-state index contributed by atoms with van der Waals surface area (Å²) < 4.78 is 10.3. The van der Waals surface area contributed by atoms with Gasteiger partial charge in [0.05, 0.1) is 41.2 Å². The van der Waals surface area contributed by atoms with E-state index < -0.39 is 23.7 Å². The first-order valence-corrected chi connectivity index (χ1v) is 12.7. The predicted octanol–water partition coefficient (Wildman–Crippen LogP) is 4.41. The zero-order valence-electron chi connectivity index (χ0n) is 20.1. The minimum absolute atomic E-state index is 0.0571. The first kappa shape index (κ1) is 27.1. The van der Waals surface area contributed by atoms with Crippen molar-refractivity contribution < 1.29 is 23.9 Å². The highest BCUT2D eigenvalue weighted by atomic mass is 35.5. The molecule has 3 rings (SSSR count). The van der Waals surface area contributed by atoms with Crippen molar-refractivity contribution in [2.75, 3.05) is 24.8 Å². The quantitative estimate of drug-likeness (QED) is 0.366. The standard InChI is InChI=1S/C26H26ClN3O5S/c1-4-15-8-6-7-9-19(15)29-21(31)14-36-25-17(13-28)22(23(24(32)30-25)26(33)34-3)16-10-11-20(35-5-2)18(27)12-16/h6-12,22-23H,4-5,14H2,1-3H3,(H,29,31)(H,30,32)/t22-,23+/m1/s1. The summed E-state index contributed by atoms with van der Waals surface area (Å²) >= 11 is 7.37. The van der Waals surface area contributed by atoms with Crippen molar-refractivity contribution in [3.63, 3.8) is 0 Å². The van der Waals surface area contributed by atoms with Gasteiger partial charge in [0, 0.05) is 11.6 Å². The highest BCUT2D eigenvalue weighted by molar-refractivity contribution is 8.03. The third-order valence-corrected chi connectivity index (χ3v) is 6.93. The van der Waals surface area contributed by atoms with E-state index in [1.807, 2.05) is 38.1 Å². The average molecular weight is 528 g/mol. The molecule has 0 saturated heterocycles. The molecule has 0 fully saturated rings. The molecule has 0 saturated carbocycles. The maximum absolute atomic E-state index is 13.0. The number of benzene rings is 2. The fourth-order valence-corrected chi connectivity index (χ4v) is 5.03. The Morgan fingerprint density at radius 2 is 1.97 bits per heavy atom. The first-order chi connectivity index (χ1) is 17.3. The Morgan fingerprint density at radius 1 is 1.22 bits per heavy atom. The molecule has 1 aliphatic rings. The SMILES string of the molecule is CCOc1ccc([C@@H]2C(C#N)=C(SCC(=O)Nc3ccccc3CC)NC(=O)[C@H]2C(=O)OC)cc1Cl. The van der Waals surface area contributed by atoms with Gasteiger partial charge in [-0.2, -0.15) is 5.26 Å². The summed E-state index contributed by atoms with van der Waals surface area (Å²) in [6.45, 7) is 4.22. The number of halogens is 1. The molecular formula is C26H26ClN3O5S. The molecule has 2 N–H and O–H groups in total. The van der Waals surface area contributed by atoms with Crippen molar-refractivity contribution in [2.45, 2.75) is 26.2 Å². The Balaban J connectivity index is 1.93. The summed E-state index contributed by atoms with van der Waals surface area (Å²) in [4.78, 5) is 38.2. The molecule has 2 aromatic carbocycles. The number of hydrogen-bond donors (Lipinski definition) is 2. The summed E-state index contributed by atoms with van der Waals surface area (Å²) in [7, 11) is 1.18. The van der Waals surface area contributed by atoms with Crippen molar-refractivity contribution >= 4 is 46.8 Å². The van der Waals surface area contributed by atoms with Crippen LogP contribution < -0.4 is 15.4 Å². The maximum Gasteiger partial charge on any atom is 0.319 e. The molecule has 2 aromatic rings. The van der Waals surface area contributed by atoms with E-state index in [0.29, 0.717) is 23.6 Å². The van der Waals surface area contributed by atoms with E-state index in [9.17, 15) is 19.6 Å². The van der Waals surface area contributed by atoms with E-state index in [4.69, 9.17) is 21.1 Å². The summed E-state index contributed by atoms with van der Waals surface area (Å²) in [6.07, 6.45) is 0.755. The number of amides is 2. The molecule has 0 aliphatic carbocycles. The number of nitrogens with one attached hydrogen (secondary N) is 2. The van der Waals surface area contributed by atoms with Gasteiger partial charge in [-0.3, -0.25) is 14.4 Å². The van der Waals surface area contributed by atoms with Gasteiger partial charge in [0.2, 0.25) is 11.8 Å². The van der Waals surface area contributed by atoms with Crippen molar-refractivity contribution in [2.24, 2.45) is 5.92 Å². The lowest BCUT2D eigenvalue weighted by Gasteiger charge is -2.31. The Hall–Kier alpha value is -3.48. The van der Waals surface area contributed by atoms with Gasteiger partial charge < -0.3 is 20.1 Å². The molecule has 0 unspecified atom stereocenters. The van der Waals surface area contributed by atoms with Crippen LogP contribution in [0.2, 0.25) is 5.02 Å².